The maximum Gasteiger partial charge on any atom is 0.280 e. The monoisotopic (exact) mass is 373 g/mol. The van der Waals surface area contributed by atoms with E-state index in [4.69, 9.17) is 5.73 Å². The number of thiazole rings is 1. The van der Waals surface area contributed by atoms with Gasteiger partial charge in [0.15, 0.2) is 5.78 Å². The second-order valence-electron chi connectivity index (χ2n) is 6.21. The van der Waals surface area contributed by atoms with Gasteiger partial charge in [0.2, 0.25) is 5.82 Å². The number of benzene rings is 1. The van der Waals surface area contributed by atoms with E-state index in [2.05, 4.69) is 9.88 Å². The lowest BCUT2D eigenvalue weighted by molar-refractivity contribution is -0.340. The standard InChI is InChI=1S/C19H19N3OS.ClH/c20-18-16(24-19(21-18)22-10-4-1-5-11-22)12-14-9-8-13-6-2-3-7-15(13)17(14)23;/h2-3,6-9,12H,1,4-5,10-11,20H2;1H/b14-12+;. The largest absolute Gasteiger partial charge is 1.00 e. The number of carbonyl (C=O) groups excluding carboxylic acids is 1. The second kappa shape index (κ2) is 7.42. The minimum absolute atomic E-state index is 0. The second-order valence-corrected chi connectivity index (χ2v) is 7.24. The molecule has 0 unspecified atom stereocenters. The Morgan fingerprint density at radius 2 is 1.88 bits per heavy atom. The number of nitrogens with zero attached hydrogens (tertiary/aromatic N) is 1. The summed E-state index contributed by atoms with van der Waals surface area (Å²) in [5.41, 5.74) is 8.56. The molecule has 4 rings (SSSR count). The van der Waals surface area contributed by atoms with E-state index in [-0.39, 0.29) is 18.2 Å². The van der Waals surface area contributed by atoms with Crippen LogP contribution in [0.5, 0.6) is 0 Å². The van der Waals surface area contributed by atoms with Crippen LogP contribution in [0.2, 0.25) is 0 Å². The SMILES string of the molecule is Nc1[nH+]c(N2CCCCC2)sc1/C=C1\C=Cc2ccccc2C1=O.[Cl-]. The van der Waals surface area contributed by atoms with E-state index in [0.717, 1.165) is 34.2 Å². The van der Waals surface area contributed by atoms with Gasteiger partial charge in [0.05, 0.1) is 13.1 Å². The number of aromatic amines is 1. The van der Waals surface area contributed by atoms with E-state index in [1.54, 1.807) is 11.3 Å². The number of halogens is 1. The molecule has 1 fully saturated rings. The molecule has 2 aliphatic rings. The number of Topliss-reactive ketones (excluding diaryl/α,β-unsaturated/α-hetero) is 1. The molecule has 6 heteroatoms. The maximum atomic E-state index is 12.7. The molecule has 4 nitrogen and oxygen atoms in total. The quantitative estimate of drug-likeness (QED) is 0.777. The minimum atomic E-state index is 0. The van der Waals surface area contributed by atoms with Gasteiger partial charge >= 0.3 is 0 Å². The Bertz CT molecular complexity index is 850. The number of hydrogen-bond acceptors (Lipinski definition) is 4. The van der Waals surface area contributed by atoms with Crippen molar-refractivity contribution in [3.8, 4) is 0 Å². The number of aromatic nitrogens is 1. The lowest BCUT2D eigenvalue weighted by Crippen LogP contribution is -3.00. The Balaban J connectivity index is 0.00000182. The number of carbonyl (C=O) groups is 1. The highest BCUT2D eigenvalue weighted by atomic mass is 35.5. The average molecular weight is 374 g/mol. The van der Waals surface area contributed by atoms with E-state index >= 15 is 0 Å². The van der Waals surface area contributed by atoms with Gasteiger partial charge in [-0.3, -0.25) is 9.69 Å². The molecular weight excluding hydrogens is 354 g/mol. The normalized spacial score (nSPS) is 18.2. The van der Waals surface area contributed by atoms with Crippen molar-refractivity contribution in [1.82, 2.24) is 0 Å². The van der Waals surface area contributed by atoms with Crippen molar-refractivity contribution in [2.45, 2.75) is 19.3 Å². The van der Waals surface area contributed by atoms with Gasteiger partial charge in [-0.15, -0.1) is 0 Å². The third-order valence-corrected chi connectivity index (χ3v) is 5.66. The van der Waals surface area contributed by atoms with Crippen LogP contribution < -0.4 is 28.0 Å². The summed E-state index contributed by atoms with van der Waals surface area (Å²) < 4.78 is 0. The lowest BCUT2D eigenvalue weighted by atomic mass is 9.92. The highest BCUT2D eigenvalue weighted by Gasteiger charge is 2.23. The molecule has 1 aromatic carbocycles. The molecule has 0 amide bonds. The predicted molar refractivity (Wildman–Crippen MR) is 99.1 cm³/mol. The zero-order chi connectivity index (χ0) is 16.5. The summed E-state index contributed by atoms with van der Waals surface area (Å²) in [5.74, 6) is 0.688. The van der Waals surface area contributed by atoms with Crippen LogP contribution in [0.4, 0.5) is 10.9 Å². The summed E-state index contributed by atoms with van der Waals surface area (Å²) in [6.07, 6.45) is 9.51. The Morgan fingerprint density at radius 3 is 2.68 bits per heavy atom. The Morgan fingerprint density at radius 1 is 1.12 bits per heavy atom. The first-order valence-corrected chi connectivity index (χ1v) is 9.14. The molecule has 0 radical (unpaired) electrons. The Kier molecular flexibility index (Phi) is 5.25. The number of allylic oxidation sites excluding steroid dienone is 2. The smallest absolute Gasteiger partial charge is 0.280 e. The average Bonchev–Trinajstić information content (AvgIpc) is 2.99. The fraction of sp³-hybridized carbons (Fsp3) is 0.263. The molecule has 3 N–H and O–H groups in total. The molecule has 1 aromatic heterocycles. The highest BCUT2D eigenvalue weighted by Crippen LogP contribution is 2.30. The van der Waals surface area contributed by atoms with Gasteiger partial charge in [0.1, 0.15) is 4.88 Å². The number of hydrogen-bond donors (Lipinski definition) is 1. The van der Waals surface area contributed by atoms with E-state index in [0.29, 0.717) is 11.4 Å². The maximum absolute atomic E-state index is 12.7. The van der Waals surface area contributed by atoms with Gasteiger partial charge in [0, 0.05) is 11.1 Å². The van der Waals surface area contributed by atoms with Crippen LogP contribution in [-0.4, -0.2) is 18.9 Å². The summed E-state index contributed by atoms with van der Waals surface area (Å²) in [6.45, 7) is 2.14. The third kappa shape index (κ3) is 3.48. The first kappa shape index (κ1) is 17.7. The topological polar surface area (TPSA) is 60.5 Å². The van der Waals surface area contributed by atoms with E-state index in [9.17, 15) is 4.79 Å². The molecule has 2 heterocycles. The first-order valence-electron chi connectivity index (χ1n) is 8.32. The molecule has 0 saturated carbocycles. The number of ketones is 1. The third-order valence-electron chi connectivity index (χ3n) is 4.55. The van der Waals surface area contributed by atoms with Gasteiger partial charge in [-0.2, -0.15) is 0 Å². The van der Waals surface area contributed by atoms with Gasteiger partial charge < -0.3 is 18.1 Å². The van der Waals surface area contributed by atoms with Crippen LogP contribution in [0.1, 0.15) is 40.1 Å². The summed E-state index contributed by atoms with van der Waals surface area (Å²) >= 11 is 1.63. The zero-order valence-electron chi connectivity index (χ0n) is 13.8. The van der Waals surface area contributed by atoms with Crippen molar-refractivity contribution >= 4 is 40.2 Å². The number of fused-ring (bicyclic) bond motifs is 1. The minimum Gasteiger partial charge on any atom is -1.00 e. The van der Waals surface area contributed by atoms with E-state index in [1.165, 1.54) is 19.3 Å². The van der Waals surface area contributed by atoms with E-state index in [1.807, 2.05) is 42.5 Å². The molecule has 0 bridgehead atoms. The lowest BCUT2D eigenvalue weighted by Gasteiger charge is -2.21. The molecule has 0 spiro atoms. The predicted octanol–water partition coefficient (Wildman–Crippen LogP) is 0.432. The first-order chi connectivity index (χ1) is 11.7. The molecule has 1 saturated heterocycles. The summed E-state index contributed by atoms with van der Waals surface area (Å²) in [5, 5.41) is 1.09. The number of piperidine rings is 1. The van der Waals surface area contributed by atoms with Crippen molar-refractivity contribution < 1.29 is 22.2 Å². The molecule has 130 valence electrons. The number of H-pyrrole nitrogens is 1. The van der Waals surface area contributed by atoms with E-state index < -0.39 is 0 Å². The molecule has 1 aliphatic carbocycles. The van der Waals surface area contributed by atoms with Crippen molar-refractivity contribution in [2.75, 3.05) is 23.7 Å². The van der Waals surface area contributed by atoms with Crippen LogP contribution in [0.3, 0.4) is 0 Å². The van der Waals surface area contributed by atoms with Gasteiger partial charge in [-0.25, -0.2) is 4.98 Å². The molecule has 0 atom stereocenters. The number of rotatable bonds is 2. The number of nitrogens with one attached hydrogen (secondary N) is 1. The summed E-state index contributed by atoms with van der Waals surface area (Å²) in [6, 6.07) is 7.68. The summed E-state index contributed by atoms with van der Waals surface area (Å²) in [4.78, 5) is 19.2. The van der Waals surface area contributed by atoms with Gasteiger partial charge in [-0.1, -0.05) is 47.8 Å². The molecule has 25 heavy (non-hydrogen) atoms. The highest BCUT2D eigenvalue weighted by molar-refractivity contribution is 7.16. The van der Waals surface area contributed by atoms with Gasteiger partial charge in [-0.05, 0) is 30.9 Å². The molecule has 2 aromatic rings. The van der Waals surface area contributed by atoms with Crippen molar-refractivity contribution in [3.63, 3.8) is 0 Å². The number of nitrogen functional groups attached to an aromatic ring is 1. The Labute approximate surface area is 157 Å². The van der Waals surface area contributed by atoms with Gasteiger partial charge in [0.25, 0.3) is 5.13 Å². The van der Waals surface area contributed by atoms with Crippen LogP contribution in [0, 0.1) is 0 Å². The Hall–Kier alpha value is -2.11. The fourth-order valence-electron chi connectivity index (χ4n) is 3.22. The molecular formula is C19H20ClN3OS. The van der Waals surface area contributed by atoms with Crippen LogP contribution in [0.25, 0.3) is 12.2 Å². The van der Waals surface area contributed by atoms with Crippen molar-refractivity contribution in [1.29, 1.82) is 0 Å². The number of nitrogens with two attached hydrogens (primary N) is 1. The van der Waals surface area contributed by atoms with Crippen LogP contribution >= 0.6 is 11.3 Å². The van der Waals surface area contributed by atoms with Crippen molar-refractivity contribution in [3.05, 3.63) is 51.9 Å². The fourth-order valence-corrected chi connectivity index (χ4v) is 4.25. The van der Waals surface area contributed by atoms with Crippen molar-refractivity contribution in [2.24, 2.45) is 0 Å². The molecule has 1 aliphatic heterocycles. The van der Waals surface area contributed by atoms with Crippen LogP contribution in [0.15, 0.2) is 35.9 Å². The van der Waals surface area contributed by atoms with Crippen LogP contribution in [-0.2, 0) is 0 Å². The number of anilines is 2. The summed E-state index contributed by atoms with van der Waals surface area (Å²) in [7, 11) is 0. The zero-order valence-corrected chi connectivity index (χ0v) is 15.4.